The van der Waals surface area contributed by atoms with Gasteiger partial charge in [0.1, 0.15) is 17.3 Å². The number of hydrogen-bond donors (Lipinski definition) is 2. The van der Waals surface area contributed by atoms with Crippen molar-refractivity contribution in [3.63, 3.8) is 0 Å². The van der Waals surface area contributed by atoms with Gasteiger partial charge in [-0.1, -0.05) is 6.92 Å². The zero-order valence-electron chi connectivity index (χ0n) is 17.4. The first-order chi connectivity index (χ1) is 14.5. The SMILES string of the molecule is CCN1CCC[C@@H](Nc2nnc(-c3c(O)cc(C4CC4)cc3F)c3cc(C)nn23)C1. The summed E-state index contributed by atoms with van der Waals surface area (Å²) in [7, 11) is 0. The molecule has 7 nitrogen and oxygen atoms in total. The van der Waals surface area contributed by atoms with Crippen LogP contribution in [0.3, 0.4) is 0 Å². The number of rotatable bonds is 5. The van der Waals surface area contributed by atoms with E-state index < -0.39 is 5.82 Å². The molecule has 0 amide bonds. The third-order valence-electron chi connectivity index (χ3n) is 6.18. The summed E-state index contributed by atoms with van der Waals surface area (Å²) in [6.07, 6.45) is 4.27. The molecule has 2 fully saturated rings. The van der Waals surface area contributed by atoms with Crippen LogP contribution in [0.1, 0.15) is 49.8 Å². The fraction of sp³-hybridized carbons (Fsp3) is 0.500. The Balaban J connectivity index is 1.53. The summed E-state index contributed by atoms with van der Waals surface area (Å²) in [4.78, 5) is 2.41. The minimum atomic E-state index is -0.474. The summed E-state index contributed by atoms with van der Waals surface area (Å²) in [6.45, 7) is 7.13. The number of likely N-dealkylation sites (N-methyl/N-ethyl adjacent to an activating group) is 1. The fourth-order valence-electron chi connectivity index (χ4n) is 4.43. The lowest BCUT2D eigenvalue weighted by atomic mass is 10.0. The Bertz CT molecular complexity index is 1070. The van der Waals surface area contributed by atoms with Crippen LogP contribution in [0.5, 0.6) is 5.75 Å². The molecular weight excluding hydrogens is 383 g/mol. The highest BCUT2D eigenvalue weighted by Gasteiger charge is 2.28. The van der Waals surface area contributed by atoms with Crippen LogP contribution < -0.4 is 5.32 Å². The van der Waals surface area contributed by atoms with Crippen molar-refractivity contribution in [1.82, 2.24) is 24.7 Å². The summed E-state index contributed by atoms with van der Waals surface area (Å²) in [6, 6.07) is 5.28. The van der Waals surface area contributed by atoms with Gasteiger partial charge in [-0.15, -0.1) is 10.2 Å². The Hall–Kier alpha value is -2.74. The van der Waals surface area contributed by atoms with E-state index in [1.807, 2.05) is 13.0 Å². The smallest absolute Gasteiger partial charge is 0.244 e. The monoisotopic (exact) mass is 410 g/mol. The van der Waals surface area contributed by atoms with Crippen molar-refractivity contribution in [2.45, 2.75) is 51.5 Å². The summed E-state index contributed by atoms with van der Waals surface area (Å²) >= 11 is 0. The molecule has 1 aromatic carbocycles. The number of phenolic OH excluding ortho intramolecular Hbond substituents is 1. The predicted molar refractivity (Wildman–Crippen MR) is 113 cm³/mol. The molecular formula is C22H27FN6O. The minimum absolute atomic E-state index is 0.0816. The number of aromatic hydroxyl groups is 1. The highest BCUT2D eigenvalue weighted by atomic mass is 19.1. The molecule has 3 aromatic rings. The number of aromatic nitrogens is 4. The van der Waals surface area contributed by atoms with Crippen molar-refractivity contribution >= 4 is 11.5 Å². The quantitative estimate of drug-likeness (QED) is 0.668. The molecule has 8 heteroatoms. The standard InChI is InChI=1S/C22H27FN6O/c1-3-28-8-4-5-16(12-28)24-22-26-25-21(18-9-13(2)27-29(18)22)20-17(23)10-15(11-19(20)30)14-6-7-14/h9-11,14,16,30H,3-8,12H2,1-2H3,(H,24,26)/t16-/m1/s1. The van der Waals surface area contributed by atoms with Crippen molar-refractivity contribution in [2.24, 2.45) is 0 Å². The molecule has 0 bridgehead atoms. The van der Waals surface area contributed by atoms with Gasteiger partial charge in [0.25, 0.3) is 0 Å². The van der Waals surface area contributed by atoms with Crippen LogP contribution in [-0.4, -0.2) is 55.5 Å². The van der Waals surface area contributed by atoms with Gasteiger partial charge in [0.2, 0.25) is 5.95 Å². The van der Waals surface area contributed by atoms with E-state index >= 15 is 0 Å². The maximum absolute atomic E-state index is 15.0. The molecule has 0 radical (unpaired) electrons. The molecule has 0 spiro atoms. The van der Waals surface area contributed by atoms with Gasteiger partial charge >= 0.3 is 0 Å². The van der Waals surface area contributed by atoms with Crippen molar-refractivity contribution in [3.8, 4) is 17.0 Å². The van der Waals surface area contributed by atoms with Crippen LogP contribution in [0.15, 0.2) is 18.2 Å². The van der Waals surface area contributed by atoms with Crippen LogP contribution in [-0.2, 0) is 0 Å². The number of benzene rings is 1. The highest BCUT2D eigenvalue weighted by Crippen LogP contribution is 2.44. The van der Waals surface area contributed by atoms with Gasteiger partial charge in [0.15, 0.2) is 0 Å². The Kier molecular flexibility index (Phi) is 4.81. The van der Waals surface area contributed by atoms with Gasteiger partial charge in [-0.2, -0.15) is 9.61 Å². The lowest BCUT2D eigenvalue weighted by Gasteiger charge is -2.32. The van der Waals surface area contributed by atoms with Crippen LogP contribution >= 0.6 is 0 Å². The average molecular weight is 410 g/mol. The van der Waals surface area contributed by atoms with E-state index in [0.717, 1.165) is 56.6 Å². The van der Waals surface area contributed by atoms with Gasteiger partial charge < -0.3 is 15.3 Å². The van der Waals surface area contributed by atoms with E-state index in [9.17, 15) is 9.50 Å². The first-order valence-electron chi connectivity index (χ1n) is 10.8. The summed E-state index contributed by atoms with van der Waals surface area (Å²) in [5.74, 6) is 0.323. The van der Waals surface area contributed by atoms with Gasteiger partial charge in [-0.05, 0) is 75.4 Å². The first-order valence-corrected chi connectivity index (χ1v) is 10.8. The second kappa shape index (κ2) is 7.50. The lowest BCUT2D eigenvalue weighted by molar-refractivity contribution is 0.226. The maximum Gasteiger partial charge on any atom is 0.244 e. The van der Waals surface area contributed by atoms with Gasteiger partial charge in [-0.25, -0.2) is 4.39 Å². The number of aryl methyl sites for hydroxylation is 1. The molecule has 5 rings (SSSR count). The second-order valence-corrected chi connectivity index (χ2v) is 8.50. The van der Waals surface area contributed by atoms with Crippen molar-refractivity contribution < 1.29 is 9.50 Å². The number of hydrogen-bond acceptors (Lipinski definition) is 6. The third-order valence-corrected chi connectivity index (χ3v) is 6.18. The number of halogens is 1. The molecule has 1 saturated heterocycles. The fourth-order valence-corrected chi connectivity index (χ4v) is 4.43. The largest absolute Gasteiger partial charge is 0.507 e. The number of piperidine rings is 1. The zero-order valence-corrected chi connectivity index (χ0v) is 17.4. The van der Waals surface area contributed by atoms with E-state index in [0.29, 0.717) is 23.1 Å². The van der Waals surface area contributed by atoms with E-state index in [1.165, 1.54) is 6.07 Å². The van der Waals surface area contributed by atoms with Crippen molar-refractivity contribution in [1.29, 1.82) is 0 Å². The van der Waals surface area contributed by atoms with Crippen LogP contribution in [0.2, 0.25) is 0 Å². The van der Waals surface area contributed by atoms with Crippen LogP contribution in [0.25, 0.3) is 16.8 Å². The molecule has 1 aliphatic heterocycles. The topological polar surface area (TPSA) is 78.6 Å². The Labute approximate surface area is 174 Å². The number of fused-ring (bicyclic) bond motifs is 1. The molecule has 1 saturated carbocycles. The molecule has 2 N–H and O–H groups in total. The molecule has 158 valence electrons. The Morgan fingerprint density at radius 3 is 2.77 bits per heavy atom. The average Bonchev–Trinajstić information content (AvgIpc) is 3.50. The van der Waals surface area contributed by atoms with Crippen LogP contribution in [0.4, 0.5) is 10.3 Å². The first kappa shape index (κ1) is 19.2. The number of anilines is 1. The van der Waals surface area contributed by atoms with Crippen molar-refractivity contribution in [3.05, 3.63) is 35.3 Å². The summed E-state index contributed by atoms with van der Waals surface area (Å²) in [5, 5.41) is 27.3. The van der Waals surface area contributed by atoms with E-state index in [-0.39, 0.29) is 17.4 Å². The zero-order chi connectivity index (χ0) is 20.8. The minimum Gasteiger partial charge on any atom is -0.507 e. The van der Waals surface area contributed by atoms with E-state index in [1.54, 1.807) is 10.6 Å². The molecule has 30 heavy (non-hydrogen) atoms. The van der Waals surface area contributed by atoms with E-state index in [2.05, 4.69) is 32.4 Å². The Morgan fingerprint density at radius 1 is 1.20 bits per heavy atom. The number of likely N-dealkylation sites (tertiary alicyclic amines) is 1. The molecule has 1 atom stereocenters. The lowest BCUT2D eigenvalue weighted by Crippen LogP contribution is -2.42. The maximum atomic E-state index is 15.0. The molecule has 3 heterocycles. The number of nitrogens with one attached hydrogen (secondary N) is 1. The summed E-state index contributed by atoms with van der Waals surface area (Å²) < 4.78 is 16.7. The second-order valence-electron chi connectivity index (χ2n) is 8.50. The Morgan fingerprint density at radius 2 is 2.03 bits per heavy atom. The number of nitrogens with zero attached hydrogens (tertiary/aromatic N) is 5. The normalized spacial score (nSPS) is 20.0. The molecule has 2 aliphatic rings. The van der Waals surface area contributed by atoms with Gasteiger partial charge in [-0.3, -0.25) is 0 Å². The highest BCUT2D eigenvalue weighted by molar-refractivity contribution is 5.81. The molecule has 2 aromatic heterocycles. The van der Waals surface area contributed by atoms with Gasteiger partial charge in [0, 0.05) is 12.6 Å². The van der Waals surface area contributed by atoms with Crippen molar-refractivity contribution in [2.75, 3.05) is 25.0 Å². The van der Waals surface area contributed by atoms with Gasteiger partial charge in [0.05, 0.1) is 16.8 Å². The summed E-state index contributed by atoms with van der Waals surface area (Å²) in [5.41, 5.74) is 2.64. The molecule has 0 unspecified atom stereocenters. The molecule has 1 aliphatic carbocycles. The predicted octanol–water partition coefficient (Wildman–Crippen LogP) is 3.72. The number of phenols is 1. The van der Waals surface area contributed by atoms with Crippen LogP contribution in [0, 0.1) is 12.7 Å². The van der Waals surface area contributed by atoms with E-state index in [4.69, 9.17) is 0 Å². The third kappa shape index (κ3) is 3.49.